The van der Waals surface area contributed by atoms with Crippen molar-refractivity contribution >= 4 is 28.8 Å². The minimum absolute atomic E-state index is 0.152. The monoisotopic (exact) mass is 497 g/mol. The lowest BCUT2D eigenvalue weighted by Crippen LogP contribution is -2.39. The van der Waals surface area contributed by atoms with Gasteiger partial charge in [-0.2, -0.15) is 4.98 Å². The number of hydrogen-bond acceptors (Lipinski definition) is 9. The van der Waals surface area contributed by atoms with Crippen molar-refractivity contribution in [2.24, 2.45) is 4.99 Å². The van der Waals surface area contributed by atoms with Crippen molar-refractivity contribution in [2.45, 2.75) is 49.1 Å². The maximum atomic E-state index is 12.7. The van der Waals surface area contributed by atoms with E-state index in [9.17, 15) is 4.55 Å². The first-order valence-corrected chi connectivity index (χ1v) is 13.9. The molecule has 4 aliphatic heterocycles. The first-order chi connectivity index (χ1) is 17.2. The second-order valence-corrected chi connectivity index (χ2v) is 10.9. The summed E-state index contributed by atoms with van der Waals surface area (Å²) in [5, 5.41) is 3.56. The lowest BCUT2D eigenvalue weighted by atomic mass is 10.1. The Hall–Kier alpha value is -2.56. The summed E-state index contributed by atoms with van der Waals surface area (Å²) in [5.74, 6) is 3.70. The van der Waals surface area contributed by atoms with Gasteiger partial charge >= 0.3 is 0 Å². The van der Waals surface area contributed by atoms with E-state index in [1.165, 1.54) is 0 Å². The molecule has 35 heavy (non-hydrogen) atoms. The standard InChI is InChI=1S/C25H31N5O4S/c31-35-16-9-21-22(35)23(27-18-7-13-32-14-8-18)29-25(28-21)30-11-5-20(6-12-30)34-19-3-1-17(2-4-19)24-26-10-15-33-24/h1-4,18,20H,5-16H2,(H,27,28,29). The van der Waals surface area contributed by atoms with Crippen LogP contribution in [-0.4, -0.2) is 77.8 Å². The predicted molar refractivity (Wildman–Crippen MR) is 134 cm³/mol. The second-order valence-electron chi connectivity index (χ2n) is 9.34. The number of aliphatic imine (C=N–C) groups is 1. The third-order valence-corrected chi connectivity index (χ3v) is 8.41. The largest absolute Gasteiger partial charge is 0.611 e. The number of anilines is 2. The van der Waals surface area contributed by atoms with Gasteiger partial charge in [0, 0.05) is 57.2 Å². The van der Waals surface area contributed by atoms with Crippen molar-refractivity contribution in [3.8, 4) is 5.75 Å². The molecule has 0 amide bonds. The average molecular weight is 498 g/mol. The molecule has 10 heteroatoms. The first kappa shape index (κ1) is 22.9. The minimum Gasteiger partial charge on any atom is -0.611 e. The molecular weight excluding hydrogens is 466 g/mol. The quantitative estimate of drug-likeness (QED) is 0.608. The van der Waals surface area contributed by atoms with Crippen LogP contribution in [0.2, 0.25) is 0 Å². The van der Waals surface area contributed by atoms with Crippen molar-refractivity contribution in [3.63, 3.8) is 0 Å². The zero-order chi connectivity index (χ0) is 23.6. The Morgan fingerprint density at radius 1 is 1.03 bits per heavy atom. The summed E-state index contributed by atoms with van der Waals surface area (Å²) in [6, 6.07) is 8.28. The van der Waals surface area contributed by atoms with Gasteiger partial charge in [0.2, 0.25) is 16.7 Å². The molecule has 5 heterocycles. The van der Waals surface area contributed by atoms with E-state index < -0.39 is 11.2 Å². The normalized spacial score (nSPS) is 23.1. The van der Waals surface area contributed by atoms with E-state index in [0.717, 1.165) is 98.6 Å². The summed E-state index contributed by atoms with van der Waals surface area (Å²) >= 11 is -1.03. The molecule has 6 rings (SSSR count). The molecule has 1 atom stereocenters. The topological polar surface area (TPSA) is 104 Å². The molecule has 4 aliphatic rings. The highest BCUT2D eigenvalue weighted by Crippen LogP contribution is 2.34. The van der Waals surface area contributed by atoms with E-state index in [1.807, 2.05) is 24.3 Å². The van der Waals surface area contributed by atoms with Crippen LogP contribution in [0.1, 0.15) is 36.9 Å². The van der Waals surface area contributed by atoms with E-state index in [1.54, 1.807) is 0 Å². The SMILES string of the molecule is [O-][S+]1CCc2nc(N3CCC(Oc4ccc(C5=NCCO5)cc4)CC3)nc(NC3CCOCC3)c21. The van der Waals surface area contributed by atoms with Crippen LogP contribution in [0, 0.1) is 0 Å². The Bertz CT molecular complexity index is 1070. The van der Waals surface area contributed by atoms with Crippen molar-refractivity contribution in [1.29, 1.82) is 0 Å². The van der Waals surface area contributed by atoms with E-state index in [2.05, 4.69) is 15.2 Å². The van der Waals surface area contributed by atoms with Crippen LogP contribution in [0.3, 0.4) is 0 Å². The number of aromatic nitrogens is 2. The Labute approximate surface area is 208 Å². The van der Waals surface area contributed by atoms with E-state index in [4.69, 9.17) is 24.2 Å². The minimum atomic E-state index is -1.03. The summed E-state index contributed by atoms with van der Waals surface area (Å²) in [4.78, 5) is 17.1. The molecule has 1 N–H and O–H groups in total. The molecule has 0 bridgehead atoms. The van der Waals surface area contributed by atoms with E-state index in [0.29, 0.717) is 24.3 Å². The average Bonchev–Trinajstić information content (AvgIpc) is 3.56. The van der Waals surface area contributed by atoms with Gasteiger partial charge in [-0.3, -0.25) is 0 Å². The smallest absolute Gasteiger partial charge is 0.227 e. The van der Waals surface area contributed by atoms with Gasteiger partial charge in [-0.15, -0.1) is 0 Å². The highest BCUT2D eigenvalue weighted by Gasteiger charge is 2.34. The van der Waals surface area contributed by atoms with Gasteiger partial charge in [-0.05, 0) is 48.3 Å². The van der Waals surface area contributed by atoms with Gasteiger partial charge < -0.3 is 29.0 Å². The highest BCUT2D eigenvalue weighted by molar-refractivity contribution is 7.91. The molecule has 9 nitrogen and oxygen atoms in total. The van der Waals surface area contributed by atoms with E-state index in [-0.39, 0.29) is 6.10 Å². The number of benzene rings is 1. The summed E-state index contributed by atoms with van der Waals surface area (Å²) in [6.45, 7) is 4.54. The number of piperidine rings is 1. The van der Waals surface area contributed by atoms with Crippen LogP contribution in [0.4, 0.5) is 11.8 Å². The van der Waals surface area contributed by atoms with Crippen LogP contribution in [-0.2, 0) is 27.1 Å². The molecule has 0 aliphatic carbocycles. The molecule has 0 saturated carbocycles. The van der Waals surface area contributed by atoms with Crippen molar-refractivity contribution < 1.29 is 18.8 Å². The molecule has 186 valence electrons. The van der Waals surface area contributed by atoms with Gasteiger partial charge in [-0.25, -0.2) is 9.98 Å². The van der Waals surface area contributed by atoms with Gasteiger partial charge in [-0.1, -0.05) is 0 Å². The number of nitrogens with zero attached hydrogens (tertiary/aromatic N) is 4. The summed E-state index contributed by atoms with van der Waals surface area (Å²) in [6.07, 6.45) is 4.56. The van der Waals surface area contributed by atoms with Gasteiger partial charge in [0.25, 0.3) is 0 Å². The third-order valence-electron chi connectivity index (χ3n) is 6.95. The fraction of sp³-hybridized carbons (Fsp3) is 0.560. The molecule has 0 radical (unpaired) electrons. The zero-order valence-electron chi connectivity index (χ0n) is 19.8. The summed E-state index contributed by atoms with van der Waals surface area (Å²) in [7, 11) is 0. The third kappa shape index (κ3) is 5.05. The first-order valence-electron chi connectivity index (χ1n) is 12.6. The molecular formula is C25H31N5O4S. The maximum Gasteiger partial charge on any atom is 0.227 e. The van der Waals surface area contributed by atoms with Crippen LogP contribution in [0.15, 0.2) is 34.2 Å². The maximum absolute atomic E-state index is 12.7. The van der Waals surface area contributed by atoms with Crippen LogP contribution >= 0.6 is 0 Å². The van der Waals surface area contributed by atoms with Crippen molar-refractivity contribution in [1.82, 2.24) is 9.97 Å². The molecule has 2 aromatic rings. The molecule has 1 unspecified atom stereocenters. The lowest BCUT2D eigenvalue weighted by Gasteiger charge is -2.32. The molecule has 2 saturated heterocycles. The molecule has 1 aromatic heterocycles. The zero-order valence-corrected chi connectivity index (χ0v) is 20.6. The fourth-order valence-corrected chi connectivity index (χ4v) is 6.32. The highest BCUT2D eigenvalue weighted by atomic mass is 32.2. The second kappa shape index (κ2) is 10.2. The number of ether oxygens (including phenoxy) is 3. The van der Waals surface area contributed by atoms with Crippen LogP contribution in [0.25, 0.3) is 0 Å². The van der Waals surface area contributed by atoms with E-state index >= 15 is 0 Å². The number of nitrogens with one attached hydrogen (secondary N) is 1. The Morgan fingerprint density at radius 2 is 1.83 bits per heavy atom. The van der Waals surface area contributed by atoms with Gasteiger partial charge in [0.1, 0.15) is 29.9 Å². The summed E-state index contributed by atoms with van der Waals surface area (Å²) < 4.78 is 29.9. The number of aryl methyl sites for hydroxylation is 1. The predicted octanol–water partition coefficient (Wildman–Crippen LogP) is 2.56. The number of fused-ring (bicyclic) bond motifs is 1. The summed E-state index contributed by atoms with van der Waals surface area (Å²) in [5.41, 5.74) is 1.92. The number of hydrogen-bond donors (Lipinski definition) is 1. The van der Waals surface area contributed by atoms with Crippen LogP contribution < -0.4 is 15.0 Å². The number of rotatable bonds is 6. The van der Waals surface area contributed by atoms with Crippen molar-refractivity contribution in [3.05, 3.63) is 35.5 Å². The Balaban J connectivity index is 1.10. The molecule has 2 fully saturated rings. The van der Waals surface area contributed by atoms with Crippen molar-refractivity contribution in [2.75, 3.05) is 55.4 Å². The molecule has 0 spiro atoms. The molecule has 1 aromatic carbocycles. The lowest BCUT2D eigenvalue weighted by molar-refractivity contribution is 0.0903. The van der Waals surface area contributed by atoms with Crippen LogP contribution in [0.5, 0.6) is 5.75 Å². The fourth-order valence-electron chi connectivity index (χ4n) is 5.01. The Kier molecular flexibility index (Phi) is 6.67. The van der Waals surface area contributed by atoms with Gasteiger partial charge in [0.05, 0.1) is 6.54 Å². The van der Waals surface area contributed by atoms with Gasteiger partial charge in [0.15, 0.2) is 5.82 Å². The Morgan fingerprint density at radius 3 is 2.57 bits per heavy atom.